The minimum atomic E-state index is -4.53. The standard InChI is InChI=1S/C23H23F3N4O3/c24-23(25,26)16-3-1-2-15(8-16)22(32)29-7-6-21(31)30-13-18(9-17(30)12-29)33-20-11-27-19(10-28-20)14-4-5-14/h1-3,8,10-11,14,17-18H,4-7,9,12-13H2/t17-,18+/m0/s1. The van der Waals surface area contributed by atoms with Crippen LogP contribution in [0.15, 0.2) is 36.7 Å². The van der Waals surface area contributed by atoms with Crippen molar-refractivity contribution in [2.75, 3.05) is 19.6 Å². The fourth-order valence-corrected chi connectivity index (χ4v) is 4.50. The molecule has 5 rings (SSSR count). The minimum Gasteiger partial charge on any atom is -0.471 e. The third-order valence-electron chi connectivity index (χ3n) is 6.38. The molecule has 0 radical (unpaired) electrons. The zero-order valence-corrected chi connectivity index (χ0v) is 17.8. The lowest BCUT2D eigenvalue weighted by atomic mass is 10.1. The second-order valence-corrected chi connectivity index (χ2v) is 8.81. The Morgan fingerprint density at radius 3 is 2.64 bits per heavy atom. The summed E-state index contributed by atoms with van der Waals surface area (Å²) in [6.07, 6.45) is 1.39. The molecule has 0 unspecified atom stereocenters. The van der Waals surface area contributed by atoms with E-state index < -0.39 is 17.6 Å². The molecule has 7 nitrogen and oxygen atoms in total. The zero-order chi connectivity index (χ0) is 23.2. The van der Waals surface area contributed by atoms with Gasteiger partial charge >= 0.3 is 6.18 Å². The van der Waals surface area contributed by atoms with Crippen molar-refractivity contribution in [3.8, 4) is 5.88 Å². The maximum absolute atomic E-state index is 13.1. The highest BCUT2D eigenvalue weighted by Crippen LogP contribution is 2.38. The molecule has 2 aromatic rings. The molecule has 0 spiro atoms. The molecule has 2 aliphatic heterocycles. The molecule has 3 aliphatic rings. The number of rotatable bonds is 4. The first-order valence-electron chi connectivity index (χ1n) is 11.0. The van der Waals surface area contributed by atoms with Crippen LogP contribution in [-0.2, 0) is 11.0 Å². The van der Waals surface area contributed by atoms with Crippen LogP contribution >= 0.6 is 0 Å². The molecule has 3 fully saturated rings. The zero-order valence-electron chi connectivity index (χ0n) is 17.8. The van der Waals surface area contributed by atoms with Gasteiger partial charge in [0, 0.05) is 37.4 Å². The van der Waals surface area contributed by atoms with Crippen LogP contribution in [0.1, 0.15) is 53.2 Å². The van der Waals surface area contributed by atoms with Gasteiger partial charge in [-0.25, -0.2) is 4.98 Å². The van der Waals surface area contributed by atoms with E-state index in [1.165, 1.54) is 17.0 Å². The Morgan fingerprint density at radius 1 is 1.12 bits per heavy atom. The molecule has 3 heterocycles. The summed E-state index contributed by atoms with van der Waals surface area (Å²) >= 11 is 0. The molecule has 1 saturated carbocycles. The number of ether oxygens (including phenoxy) is 1. The number of fused-ring (bicyclic) bond motifs is 1. The topological polar surface area (TPSA) is 75.6 Å². The molecule has 2 atom stereocenters. The van der Waals surface area contributed by atoms with E-state index in [4.69, 9.17) is 4.74 Å². The minimum absolute atomic E-state index is 0.0393. The highest BCUT2D eigenvalue weighted by Gasteiger charge is 2.41. The first-order chi connectivity index (χ1) is 15.8. The molecule has 0 N–H and O–H groups in total. The van der Waals surface area contributed by atoms with E-state index in [1.807, 2.05) is 0 Å². The Labute approximate surface area is 188 Å². The van der Waals surface area contributed by atoms with Gasteiger partial charge in [-0.2, -0.15) is 13.2 Å². The van der Waals surface area contributed by atoms with Gasteiger partial charge in [0.2, 0.25) is 11.8 Å². The number of alkyl halides is 3. The van der Waals surface area contributed by atoms with Gasteiger partial charge in [-0.1, -0.05) is 6.07 Å². The van der Waals surface area contributed by atoms with Crippen LogP contribution in [0.3, 0.4) is 0 Å². The van der Waals surface area contributed by atoms with Crippen molar-refractivity contribution in [3.05, 3.63) is 53.5 Å². The van der Waals surface area contributed by atoms with Gasteiger partial charge in [-0.15, -0.1) is 0 Å². The van der Waals surface area contributed by atoms with E-state index in [9.17, 15) is 22.8 Å². The number of nitrogens with zero attached hydrogens (tertiary/aromatic N) is 4. The first-order valence-corrected chi connectivity index (χ1v) is 11.0. The van der Waals surface area contributed by atoms with Crippen molar-refractivity contribution in [1.29, 1.82) is 0 Å². The molecule has 1 aromatic carbocycles. The average Bonchev–Trinajstić information content (AvgIpc) is 3.59. The van der Waals surface area contributed by atoms with Crippen LogP contribution in [0.4, 0.5) is 13.2 Å². The van der Waals surface area contributed by atoms with Crippen LogP contribution in [0, 0.1) is 0 Å². The van der Waals surface area contributed by atoms with E-state index in [0.717, 1.165) is 30.7 Å². The number of benzene rings is 1. The van der Waals surface area contributed by atoms with E-state index in [2.05, 4.69) is 9.97 Å². The number of amides is 2. The quantitative estimate of drug-likeness (QED) is 0.700. The van der Waals surface area contributed by atoms with Gasteiger partial charge in [-0.05, 0) is 31.0 Å². The molecule has 10 heteroatoms. The lowest BCUT2D eigenvalue weighted by Crippen LogP contribution is -2.40. The summed E-state index contributed by atoms with van der Waals surface area (Å²) in [5, 5.41) is 0. The summed E-state index contributed by atoms with van der Waals surface area (Å²) < 4.78 is 45.1. The van der Waals surface area contributed by atoms with Crippen molar-refractivity contribution in [1.82, 2.24) is 19.8 Å². The molecular formula is C23H23F3N4O3. The molecule has 1 aliphatic carbocycles. The predicted octanol–water partition coefficient (Wildman–Crippen LogP) is 3.27. The summed E-state index contributed by atoms with van der Waals surface area (Å²) in [5.41, 5.74) is 0.0492. The monoisotopic (exact) mass is 460 g/mol. The van der Waals surface area contributed by atoms with Gasteiger partial charge in [0.15, 0.2) is 0 Å². The molecule has 33 heavy (non-hydrogen) atoms. The van der Waals surface area contributed by atoms with Crippen molar-refractivity contribution >= 4 is 11.8 Å². The number of aromatic nitrogens is 2. The predicted molar refractivity (Wildman–Crippen MR) is 111 cm³/mol. The van der Waals surface area contributed by atoms with E-state index in [1.54, 1.807) is 17.3 Å². The Kier molecular flexibility index (Phi) is 5.46. The second-order valence-electron chi connectivity index (χ2n) is 8.81. The summed E-state index contributed by atoms with van der Waals surface area (Å²) in [6, 6.07) is 4.12. The number of carbonyl (C=O) groups excluding carboxylic acids is 2. The van der Waals surface area contributed by atoms with Crippen molar-refractivity contribution in [2.45, 2.75) is 49.9 Å². The van der Waals surface area contributed by atoms with Gasteiger partial charge < -0.3 is 14.5 Å². The highest BCUT2D eigenvalue weighted by atomic mass is 19.4. The number of hydrogen-bond acceptors (Lipinski definition) is 5. The maximum Gasteiger partial charge on any atom is 0.416 e. The van der Waals surface area contributed by atoms with E-state index >= 15 is 0 Å². The van der Waals surface area contributed by atoms with Crippen LogP contribution in [0.5, 0.6) is 5.88 Å². The van der Waals surface area contributed by atoms with Crippen LogP contribution in [0.25, 0.3) is 0 Å². The van der Waals surface area contributed by atoms with E-state index in [-0.39, 0.29) is 43.1 Å². The van der Waals surface area contributed by atoms with Gasteiger partial charge in [-0.3, -0.25) is 14.6 Å². The number of hydrogen-bond donors (Lipinski definition) is 0. The first kappa shape index (κ1) is 21.7. The fourth-order valence-electron chi connectivity index (χ4n) is 4.50. The van der Waals surface area contributed by atoms with Crippen LogP contribution in [0.2, 0.25) is 0 Å². The Morgan fingerprint density at radius 2 is 1.94 bits per heavy atom. The summed E-state index contributed by atoms with van der Waals surface area (Å²) in [5.74, 6) is 0.280. The lowest BCUT2D eigenvalue weighted by molar-refractivity contribution is -0.137. The summed E-state index contributed by atoms with van der Waals surface area (Å²) in [4.78, 5) is 37.5. The Hall–Kier alpha value is -3.17. The Bertz CT molecular complexity index is 1060. The van der Waals surface area contributed by atoms with Crippen LogP contribution in [-0.4, -0.2) is 63.4 Å². The molecule has 0 bridgehead atoms. The SMILES string of the molecule is O=C(c1cccc(C(F)(F)F)c1)N1CCC(=O)N2C[C@H](Oc3cnc(C4CC4)cn3)C[C@H]2C1. The molecule has 2 saturated heterocycles. The summed E-state index contributed by atoms with van der Waals surface area (Å²) in [7, 11) is 0. The smallest absolute Gasteiger partial charge is 0.416 e. The molecular weight excluding hydrogens is 437 g/mol. The van der Waals surface area contributed by atoms with Crippen molar-refractivity contribution in [3.63, 3.8) is 0 Å². The molecule has 174 valence electrons. The van der Waals surface area contributed by atoms with E-state index in [0.29, 0.717) is 24.8 Å². The lowest BCUT2D eigenvalue weighted by Gasteiger charge is -2.25. The Balaban J connectivity index is 1.26. The van der Waals surface area contributed by atoms with Gasteiger partial charge in [0.05, 0.1) is 36.2 Å². The fraction of sp³-hybridized carbons (Fsp3) is 0.478. The number of carbonyl (C=O) groups is 2. The number of halogens is 3. The molecule has 1 aromatic heterocycles. The highest BCUT2D eigenvalue weighted by molar-refractivity contribution is 5.95. The van der Waals surface area contributed by atoms with Gasteiger partial charge in [0.1, 0.15) is 6.10 Å². The van der Waals surface area contributed by atoms with Crippen molar-refractivity contribution < 1.29 is 27.5 Å². The maximum atomic E-state index is 13.1. The van der Waals surface area contributed by atoms with Crippen LogP contribution < -0.4 is 4.74 Å². The summed E-state index contributed by atoms with van der Waals surface area (Å²) in [6.45, 7) is 0.786. The van der Waals surface area contributed by atoms with Gasteiger partial charge in [0.25, 0.3) is 5.91 Å². The third-order valence-corrected chi connectivity index (χ3v) is 6.38. The largest absolute Gasteiger partial charge is 0.471 e. The molecule has 2 amide bonds. The normalized spacial score (nSPS) is 23.3. The average molecular weight is 460 g/mol. The third kappa shape index (κ3) is 4.65. The van der Waals surface area contributed by atoms with Crippen molar-refractivity contribution in [2.24, 2.45) is 0 Å². The second kappa shape index (κ2) is 8.31.